The Bertz CT molecular complexity index is 1070. The van der Waals surface area contributed by atoms with Crippen LogP contribution in [0.3, 0.4) is 0 Å². The minimum atomic E-state index is -1.31. The lowest BCUT2D eigenvalue weighted by Crippen LogP contribution is -2.25. The summed E-state index contributed by atoms with van der Waals surface area (Å²) in [6.07, 6.45) is 19.8. The molecule has 0 amide bonds. The molecule has 2 aliphatic carbocycles. The Balaban J connectivity index is 1.40. The number of carbonyl (C=O) groups is 2. The lowest BCUT2D eigenvalue weighted by molar-refractivity contribution is -0.139. The van der Waals surface area contributed by atoms with Crippen molar-refractivity contribution in [3.8, 4) is 5.75 Å². The zero-order valence-corrected chi connectivity index (χ0v) is 30.0. The lowest BCUT2D eigenvalue weighted by atomic mass is 9.68. The number of ether oxygens (including phenoxy) is 3. The van der Waals surface area contributed by atoms with Crippen LogP contribution < -0.4 is 4.74 Å². The Labute approximate surface area is 285 Å². The molecule has 0 atom stereocenters. The Morgan fingerprint density at radius 3 is 1.79 bits per heavy atom. The average Bonchev–Trinajstić information content (AvgIpc) is 3.10. The average molecular weight is 675 g/mol. The van der Waals surface area contributed by atoms with Gasteiger partial charge in [0.05, 0.1) is 44.2 Å². The second kappa shape index (κ2) is 20.9. The van der Waals surface area contributed by atoms with E-state index in [2.05, 4.69) is 50.6 Å². The molecule has 0 aromatic heterocycles. The number of hydrogen-bond acceptors (Lipinski definition) is 7. The third-order valence-corrected chi connectivity index (χ3v) is 14.1. The third kappa shape index (κ3) is 13.6. The van der Waals surface area contributed by atoms with E-state index in [1.807, 2.05) is 0 Å². The molecule has 1 aromatic rings. The molecule has 0 heterocycles. The number of benzene rings is 1. The van der Waals surface area contributed by atoms with Crippen molar-refractivity contribution in [3.05, 3.63) is 54.1 Å². The van der Waals surface area contributed by atoms with E-state index in [0.29, 0.717) is 24.0 Å². The van der Waals surface area contributed by atoms with Crippen LogP contribution in [0.5, 0.6) is 5.75 Å². The molecule has 2 N–H and O–H groups in total. The summed E-state index contributed by atoms with van der Waals surface area (Å²) >= 11 is 0. The third-order valence-electron chi connectivity index (χ3n) is 10.5. The highest BCUT2D eigenvalue weighted by Crippen LogP contribution is 2.45. The molecule has 1 aromatic carbocycles. The van der Waals surface area contributed by atoms with E-state index in [1.54, 1.807) is 0 Å². The summed E-state index contributed by atoms with van der Waals surface area (Å²) in [7, 11) is -1.31. The van der Waals surface area contributed by atoms with Crippen molar-refractivity contribution in [3.63, 3.8) is 0 Å². The second-order valence-electron chi connectivity index (χ2n) is 14.0. The second-order valence-corrected chi connectivity index (χ2v) is 18.2. The number of carbonyl (C=O) groups excluding carboxylic acids is 2. The highest BCUT2D eigenvalue weighted by molar-refractivity contribution is 8.33. The molecule has 0 radical (unpaired) electrons. The van der Waals surface area contributed by atoms with Crippen molar-refractivity contribution in [2.45, 2.75) is 96.3 Å². The zero-order valence-electron chi connectivity index (χ0n) is 29.2. The molecular formula is C39H62O7S. The molecule has 266 valence electrons. The molecule has 0 bridgehead atoms. The normalized spacial score (nSPS) is 21.9. The smallest absolute Gasteiger partial charge is 0.335 e. The summed E-state index contributed by atoms with van der Waals surface area (Å²) in [5, 5.41) is 18.2. The number of esters is 2. The standard InChI is InChI=1S/C39H62O7S/c1-5-6-7-9-32-10-12-33(13-11-32)34-14-16-35(17-15-34)36-18-20-37(21-19-36)44-22-8-25-47(4,26-23-45-38(42)30(2)28-40)27-24-46-39(43)31(3)29-41/h18-21,32-35,40-41H,2-3,5-17,22-29H2,1,4H3. The van der Waals surface area contributed by atoms with Gasteiger partial charge in [0.25, 0.3) is 0 Å². The van der Waals surface area contributed by atoms with Crippen LogP contribution in [0.1, 0.15) is 102 Å². The Morgan fingerprint density at radius 1 is 0.745 bits per heavy atom. The summed E-state index contributed by atoms with van der Waals surface area (Å²) in [6.45, 7) is 9.42. The number of aliphatic hydroxyl groups excluding tert-OH is 2. The first-order valence-corrected chi connectivity index (χ1v) is 20.6. The van der Waals surface area contributed by atoms with Crippen molar-refractivity contribution in [2.75, 3.05) is 56.5 Å². The van der Waals surface area contributed by atoms with E-state index >= 15 is 0 Å². The van der Waals surface area contributed by atoms with Crippen LogP contribution in [0.4, 0.5) is 0 Å². The van der Waals surface area contributed by atoms with Crippen molar-refractivity contribution < 1.29 is 34.0 Å². The van der Waals surface area contributed by atoms with Gasteiger partial charge in [-0.2, -0.15) is 0 Å². The van der Waals surface area contributed by atoms with Gasteiger partial charge in [0.1, 0.15) is 5.75 Å². The van der Waals surface area contributed by atoms with E-state index in [1.165, 1.54) is 82.6 Å². The monoisotopic (exact) mass is 674 g/mol. The van der Waals surface area contributed by atoms with Crippen molar-refractivity contribution in [1.29, 1.82) is 0 Å². The van der Waals surface area contributed by atoms with Crippen LogP contribution in [0.25, 0.3) is 0 Å². The predicted octanol–water partition coefficient (Wildman–Crippen LogP) is 7.73. The van der Waals surface area contributed by atoms with Gasteiger partial charge in [-0.3, -0.25) is 0 Å². The first-order chi connectivity index (χ1) is 22.7. The molecule has 8 heteroatoms. The fraction of sp³-hybridized carbons (Fsp3) is 0.692. The molecule has 7 nitrogen and oxygen atoms in total. The summed E-state index contributed by atoms with van der Waals surface area (Å²) in [5.41, 5.74) is 1.48. The van der Waals surface area contributed by atoms with Gasteiger partial charge in [-0.25, -0.2) is 19.6 Å². The molecule has 47 heavy (non-hydrogen) atoms. The van der Waals surface area contributed by atoms with E-state index in [-0.39, 0.29) is 24.4 Å². The van der Waals surface area contributed by atoms with E-state index in [9.17, 15) is 9.59 Å². The first-order valence-electron chi connectivity index (χ1n) is 18.0. The molecule has 2 fully saturated rings. The summed E-state index contributed by atoms with van der Waals surface area (Å²) in [6, 6.07) is 8.71. The molecule has 2 saturated carbocycles. The van der Waals surface area contributed by atoms with Gasteiger partial charge in [-0.15, -0.1) is 0 Å². The highest BCUT2D eigenvalue weighted by atomic mass is 32.3. The summed E-state index contributed by atoms with van der Waals surface area (Å²) in [4.78, 5) is 23.9. The van der Waals surface area contributed by atoms with Gasteiger partial charge >= 0.3 is 11.9 Å². The maximum Gasteiger partial charge on any atom is 0.335 e. The maximum atomic E-state index is 11.9. The maximum absolute atomic E-state index is 11.9. The van der Waals surface area contributed by atoms with Gasteiger partial charge < -0.3 is 24.4 Å². The molecule has 3 rings (SSSR count). The van der Waals surface area contributed by atoms with Gasteiger partial charge in [0, 0.05) is 11.5 Å². The minimum Gasteiger partial charge on any atom is -0.494 e. The van der Waals surface area contributed by atoms with Gasteiger partial charge in [-0.1, -0.05) is 70.7 Å². The topological polar surface area (TPSA) is 102 Å². The quantitative estimate of drug-likeness (QED) is 0.0782. The number of aliphatic hydroxyl groups is 2. The van der Waals surface area contributed by atoms with E-state index < -0.39 is 35.2 Å². The fourth-order valence-electron chi connectivity index (χ4n) is 7.30. The fourth-order valence-corrected chi connectivity index (χ4v) is 9.70. The Hall–Kier alpha value is -2.29. The number of unbranched alkanes of at least 4 members (excludes halogenated alkanes) is 2. The Kier molecular flexibility index (Phi) is 17.4. The van der Waals surface area contributed by atoms with E-state index in [4.69, 9.17) is 24.4 Å². The van der Waals surface area contributed by atoms with Crippen molar-refractivity contribution >= 4 is 22.0 Å². The SMILES string of the molecule is C=C(CO)C(=O)OCCS(C)(CCCOc1ccc(C2CCC(C3CCC(CCCCC)CC3)CC2)cc1)CCOC(=O)C(=C)CO. The van der Waals surface area contributed by atoms with Crippen LogP contribution in [-0.2, 0) is 19.1 Å². The Morgan fingerprint density at radius 2 is 1.28 bits per heavy atom. The minimum absolute atomic E-state index is 0.0239. The van der Waals surface area contributed by atoms with Gasteiger partial charge in [-0.05, 0) is 98.3 Å². The van der Waals surface area contributed by atoms with Gasteiger partial charge in [0.2, 0.25) is 0 Å². The number of rotatable bonds is 21. The van der Waals surface area contributed by atoms with E-state index in [0.717, 1.165) is 35.7 Å². The molecule has 0 spiro atoms. The van der Waals surface area contributed by atoms with Crippen LogP contribution in [0.15, 0.2) is 48.6 Å². The first kappa shape index (κ1) is 39.2. The van der Waals surface area contributed by atoms with Crippen molar-refractivity contribution in [2.24, 2.45) is 17.8 Å². The predicted molar refractivity (Wildman–Crippen MR) is 193 cm³/mol. The van der Waals surface area contributed by atoms with Crippen LogP contribution >= 0.6 is 10.0 Å². The largest absolute Gasteiger partial charge is 0.494 e. The summed E-state index contributed by atoms with van der Waals surface area (Å²) < 4.78 is 16.7. The van der Waals surface area contributed by atoms with Crippen molar-refractivity contribution in [1.82, 2.24) is 0 Å². The van der Waals surface area contributed by atoms with Crippen LogP contribution in [0.2, 0.25) is 0 Å². The highest BCUT2D eigenvalue weighted by Gasteiger charge is 2.31. The summed E-state index contributed by atoms with van der Waals surface area (Å²) in [5.74, 6) is 5.33. The molecular weight excluding hydrogens is 612 g/mol. The molecule has 0 saturated heterocycles. The zero-order chi connectivity index (χ0) is 34.1. The molecule has 2 aliphatic rings. The van der Waals surface area contributed by atoms with Gasteiger partial charge in [0.15, 0.2) is 0 Å². The molecule has 0 unspecified atom stereocenters. The number of hydrogen-bond donors (Lipinski definition) is 2. The molecule has 0 aliphatic heterocycles. The van der Waals surface area contributed by atoms with Crippen LogP contribution in [-0.4, -0.2) is 78.7 Å². The van der Waals surface area contributed by atoms with Crippen LogP contribution in [0, 0.1) is 17.8 Å². The lowest BCUT2D eigenvalue weighted by Gasteiger charge is -2.38.